The van der Waals surface area contributed by atoms with Crippen LogP contribution in [0.1, 0.15) is 32.8 Å². The highest BCUT2D eigenvalue weighted by Gasteiger charge is 2.28. The molecular weight excluding hydrogens is 278 g/mol. The molecule has 0 spiro atoms. The standard InChI is InChI=1S/C17H25N3O2/c1-12(2)8-10-18-17(22)19-13(3)16(21)20-11-9-14-6-4-5-7-15(14)20/h4-7,12-13H,8-11H2,1-3H3,(H2,18,19,22). The number of benzene rings is 1. The van der Waals surface area contributed by atoms with Crippen molar-refractivity contribution in [3.05, 3.63) is 29.8 Å². The Bertz CT molecular complexity index is 542. The molecule has 1 aliphatic heterocycles. The van der Waals surface area contributed by atoms with Crippen molar-refractivity contribution in [2.45, 2.75) is 39.7 Å². The summed E-state index contributed by atoms with van der Waals surface area (Å²) in [4.78, 5) is 26.1. The maximum absolute atomic E-state index is 12.5. The van der Waals surface area contributed by atoms with Crippen LogP contribution in [0.2, 0.25) is 0 Å². The van der Waals surface area contributed by atoms with Crippen LogP contribution in [0.25, 0.3) is 0 Å². The number of anilines is 1. The van der Waals surface area contributed by atoms with Gasteiger partial charge in [0.05, 0.1) is 0 Å². The highest BCUT2D eigenvalue weighted by atomic mass is 16.2. The third kappa shape index (κ3) is 4.00. The summed E-state index contributed by atoms with van der Waals surface area (Å²) in [5, 5.41) is 5.51. The Morgan fingerprint density at radius 3 is 2.68 bits per heavy atom. The van der Waals surface area contributed by atoms with Crippen molar-refractivity contribution >= 4 is 17.6 Å². The van der Waals surface area contributed by atoms with E-state index in [1.807, 2.05) is 24.3 Å². The molecule has 0 aromatic heterocycles. The predicted molar refractivity (Wildman–Crippen MR) is 88.0 cm³/mol. The third-order valence-electron chi connectivity index (χ3n) is 3.88. The summed E-state index contributed by atoms with van der Waals surface area (Å²) in [6.07, 6.45) is 1.80. The van der Waals surface area contributed by atoms with Gasteiger partial charge in [-0.05, 0) is 37.3 Å². The zero-order valence-corrected chi connectivity index (χ0v) is 13.6. The molecule has 1 unspecified atom stereocenters. The molecule has 2 N–H and O–H groups in total. The first-order valence-electron chi connectivity index (χ1n) is 7.92. The van der Waals surface area contributed by atoms with E-state index in [4.69, 9.17) is 0 Å². The van der Waals surface area contributed by atoms with E-state index < -0.39 is 6.04 Å². The SMILES string of the molecule is CC(C)CCNC(=O)NC(C)C(=O)N1CCc2ccccc21. The molecule has 5 nitrogen and oxygen atoms in total. The minimum Gasteiger partial charge on any atom is -0.338 e. The van der Waals surface area contributed by atoms with Crippen LogP contribution in [0.5, 0.6) is 0 Å². The third-order valence-corrected chi connectivity index (χ3v) is 3.88. The summed E-state index contributed by atoms with van der Waals surface area (Å²) in [6.45, 7) is 7.24. The molecule has 1 atom stereocenters. The van der Waals surface area contributed by atoms with Crippen LogP contribution in [0.4, 0.5) is 10.5 Å². The van der Waals surface area contributed by atoms with E-state index in [0.717, 1.165) is 18.5 Å². The van der Waals surface area contributed by atoms with Crippen LogP contribution in [0.15, 0.2) is 24.3 Å². The van der Waals surface area contributed by atoms with E-state index in [2.05, 4.69) is 24.5 Å². The molecule has 2 rings (SSSR count). The quantitative estimate of drug-likeness (QED) is 0.877. The van der Waals surface area contributed by atoms with Gasteiger partial charge in [-0.25, -0.2) is 4.79 Å². The number of amides is 3. The second-order valence-electron chi connectivity index (χ2n) is 6.17. The van der Waals surface area contributed by atoms with Crippen molar-refractivity contribution in [1.29, 1.82) is 0 Å². The average molecular weight is 303 g/mol. The fourth-order valence-corrected chi connectivity index (χ4v) is 2.58. The molecule has 3 amide bonds. The molecule has 0 saturated heterocycles. The smallest absolute Gasteiger partial charge is 0.315 e. The van der Waals surface area contributed by atoms with E-state index in [0.29, 0.717) is 19.0 Å². The highest BCUT2D eigenvalue weighted by molar-refractivity contribution is 6.00. The number of fused-ring (bicyclic) bond motifs is 1. The van der Waals surface area contributed by atoms with Gasteiger partial charge in [0, 0.05) is 18.8 Å². The van der Waals surface area contributed by atoms with Crippen molar-refractivity contribution in [1.82, 2.24) is 10.6 Å². The summed E-state index contributed by atoms with van der Waals surface area (Å²) < 4.78 is 0. The van der Waals surface area contributed by atoms with Gasteiger partial charge in [0.15, 0.2) is 0 Å². The number of urea groups is 1. The Morgan fingerprint density at radius 1 is 1.23 bits per heavy atom. The first kappa shape index (κ1) is 16.3. The van der Waals surface area contributed by atoms with Crippen LogP contribution in [-0.4, -0.2) is 31.1 Å². The van der Waals surface area contributed by atoms with Gasteiger partial charge < -0.3 is 15.5 Å². The normalized spacial score (nSPS) is 14.6. The lowest BCUT2D eigenvalue weighted by molar-refractivity contribution is -0.119. The maximum atomic E-state index is 12.5. The number of nitrogens with zero attached hydrogens (tertiary/aromatic N) is 1. The Kier molecular flexibility index (Phi) is 5.41. The van der Waals surface area contributed by atoms with Crippen molar-refractivity contribution in [2.24, 2.45) is 5.92 Å². The van der Waals surface area contributed by atoms with Gasteiger partial charge in [-0.1, -0.05) is 32.0 Å². The molecule has 0 saturated carbocycles. The largest absolute Gasteiger partial charge is 0.338 e. The number of carbonyl (C=O) groups excluding carboxylic acids is 2. The van der Waals surface area contributed by atoms with Gasteiger partial charge in [-0.2, -0.15) is 0 Å². The molecule has 0 bridgehead atoms. The van der Waals surface area contributed by atoms with Crippen molar-refractivity contribution in [2.75, 3.05) is 18.0 Å². The van der Waals surface area contributed by atoms with Crippen LogP contribution in [0.3, 0.4) is 0 Å². The van der Waals surface area contributed by atoms with Crippen LogP contribution >= 0.6 is 0 Å². The van der Waals surface area contributed by atoms with Crippen molar-refractivity contribution in [3.8, 4) is 0 Å². The highest BCUT2D eigenvalue weighted by Crippen LogP contribution is 2.27. The maximum Gasteiger partial charge on any atom is 0.315 e. The summed E-state index contributed by atoms with van der Waals surface area (Å²) in [5.41, 5.74) is 2.14. The minimum atomic E-state index is -0.537. The Hall–Kier alpha value is -2.04. The van der Waals surface area contributed by atoms with Crippen LogP contribution < -0.4 is 15.5 Å². The van der Waals surface area contributed by atoms with Gasteiger partial charge >= 0.3 is 6.03 Å². The molecule has 0 radical (unpaired) electrons. The lowest BCUT2D eigenvalue weighted by Gasteiger charge is -2.22. The number of rotatable bonds is 5. The van der Waals surface area contributed by atoms with Gasteiger partial charge in [0.25, 0.3) is 0 Å². The summed E-state index contributed by atoms with van der Waals surface area (Å²) in [5.74, 6) is 0.476. The first-order valence-corrected chi connectivity index (χ1v) is 7.92. The molecule has 0 fully saturated rings. The van der Waals surface area contributed by atoms with Crippen molar-refractivity contribution in [3.63, 3.8) is 0 Å². The number of carbonyl (C=O) groups is 2. The zero-order valence-electron chi connectivity index (χ0n) is 13.6. The summed E-state index contributed by atoms with van der Waals surface area (Å²) in [6, 6.07) is 7.09. The van der Waals surface area contributed by atoms with Crippen LogP contribution in [0, 0.1) is 5.92 Å². The van der Waals surface area contributed by atoms with E-state index in [9.17, 15) is 9.59 Å². The topological polar surface area (TPSA) is 61.4 Å². The van der Waals surface area contributed by atoms with E-state index >= 15 is 0 Å². The molecule has 120 valence electrons. The van der Waals surface area contributed by atoms with Gasteiger partial charge in [0.1, 0.15) is 6.04 Å². The average Bonchev–Trinajstić information content (AvgIpc) is 2.89. The summed E-state index contributed by atoms with van der Waals surface area (Å²) in [7, 11) is 0. The van der Waals surface area contributed by atoms with E-state index in [1.165, 1.54) is 5.56 Å². The number of para-hydroxylation sites is 1. The lowest BCUT2D eigenvalue weighted by atomic mass is 10.1. The Balaban J connectivity index is 1.87. The molecular formula is C17H25N3O2. The first-order chi connectivity index (χ1) is 10.5. The molecule has 1 aromatic rings. The molecule has 5 heteroatoms. The number of hydrogen-bond donors (Lipinski definition) is 2. The minimum absolute atomic E-state index is 0.0658. The van der Waals surface area contributed by atoms with Gasteiger partial charge in [0.2, 0.25) is 5.91 Å². The van der Waals surface area contributed by atoms with Gasteiger partial charge in [-0.3, -0.25) is 4.79 Å². The van der Waals surface area contributed by atoms with E-state index in [-0.39, 0.29) is 11.9 Å². The Labute approximate surface area is 132 Å². The van der Waals surface area contributed by atoms with Gasteiger partial charge in [-0.15, -0.1) is 0 Å². The molecule has 0 aliphatic carbocycles. The molecule has 1 heterocycles. The molecule has 1 aliphatic rings. The predicted octanol–water partition coefficient (Wildman–Crippen LogP) is 2.31. The van der Waals surface area contributed by atoms with Crippen LogP contribution in [-0.2, 0) is 11.2 Å². The molecule has 22 heavy (non-hydrogen) atoms. The fourth-order valence-electron chi connectivity index (χ4n) is 2.58. The number of nitrogens with one attached hydrogen (secondary N) is 2. The van der Waals surface area contributed by atoms with Crippen molar-refractivity contribution < 1.29 is 9.59 Å². The Morgan fingerprint density at radius 2 is 1.95 bits per heavy atom. The zero-order chi connectivity index (χ0) is 16.1. The monoisotopic (exact) mass is 303 g/mol. The molecule has 1 aromatic carbocycles. The second kappa shape index (κ2) is 7.29. The number of hydrogen-bond acceptors (Lipinski definition) is 2. The lowest BCUT2D eigenvalue weighted by Crippen LogP contribution is -2.49. The fraction of sp³-hybridized carbons (Fsp3) is 0.529. The summed E-state index contributed by atoms with van der Waals surface area (Å²) >= 11 is 0. The van der Waals surface area contributed by atoms with E-state index in [1.54, 1.807) is 11.8 Å². The second-order valence-corrected chi connectivity index (χ2v) is 6.17.